The Bertz CT molecular complexity index is 913. The van der Waals surface area contributed by atoms with Crippen LogP contribution < -0.4 is 10.1 Å². The summed E-state index contributed by atoms with van der Waals surface area (Å²) in [6, 6.07) is 12.4. The number of hydrogen-bond acceptors (Lipinski definition) is 4. The molecule has 0 radical (unpaired) electrons. The average Bonchev–Trinajstić information content (AvgIpc) is 2.59. The van der Waals surface area contributed by atoms with Crippen molar-refractivity contribution < 1.29 is 22.7 Å². The van der Waals surface area contributed by atoms with Crippen molar-refractivity contribution in [3.05, 3.63) is 66.0 Å². The fourth-order valence-electron chi connectivity index (χ4n) is 2.22. The Morgan fingerprint density at radius 1 is 1.08 bits per heavy atom. The van der Waals surface area contributed by atoms with Crippen LogP contribution in [0.15, 0.2) is 54.7 Å². The molecule has 25 heavy (non-hydrogen) atoms. The Balaban J connectivity index is 1.73. The number of halogens is 3. The highest BCUT2D eigenvalue weighted by atomic mass is 19.4. The number of ether oxygens (including phenoxy) is 1. The second kappa shape index (κ2) is 6.76. The molecule has 0 saturated carbocycles. The van der Waals surface area contributed by atoms with Gasteiger partial charge in [-0.15, -0.1) is 13.2 Å². The summed E-state index contributed by atoms with van der Waals surface area (Å²) in [7, 11) is 0. The molecule has 0 aliphatic rings. The van der Waals surface area contributed by atoms with E-state index in [4.69, 9.17) is 0 Å². The molecule has 0 aliphatic heterocycles. The highest BCUT2D eigenvalue weighted by Gasteiger charge is 2.32. The third kappa shape index (κ3) is 4.23. The van der Waals surface area contributed by atoms with Gasteiger partial charge >= 0.3 is 6.36 Å². The van der Waals surface area contributed by atoms with E-state index in [2.05, 4.69) is 20.0 Å². The molecule has 1 N–H and O–H groups in total. The van der Waals surface area contributed by atoms with Crippen LogP contribution in [0.4, 0.5) is 13.2 Å². The molecule has 1 amide bonds. The van der Waals surface area contributed by atoms with Crippen LogP contribution in [0.25, 0.3) is 11.0 Å². The minimum Gasteiger partial charge on any atom is -0.405 e. The molecule has 0 fully saturated rings. The number of nitrogens with one attached hydrogen (secondary N) is 1. The van der Waals surface area contributed by atoms with E-state index in [1.165, 1.54) is 24.3 Å². The molecule has 3 rings (SSSR count). The maximum Gasteiger partial charge on any atom is 0.573 e. The molecule has 0 unspecified atom stereocenters. The summed E-state index contributed by atoms with van der Waals surface area (Å²) in [5.41, 5.74) is 0.739. The van der Waals surface area contributed by atoms with E-state index < -0.39 is 12.3 Å². The van der Waals surface area contributed by atoms with Gasteiger partial charge in [0.2, 0.25) is 0 Å². The van der Waals surface area contributed by atoms with E-state index in [-0.39, 0.29) is 23.6 Å². The van der Waals surface area contributed by atoms with E-state index in [0.717, 1.165) is 5.39 Å². The number of nitrogens with zero attached hydrogens (tertiary/aromatic N) is 2. The number of carbonyl (C=O) groups excluding carboxylic acids is 1. The topological polar surface area (TPSA) is 64.1 Å². The predicted octanol–water partition coefficient (Wildman–Crippen LogP) is 3.46. The largest absolute Gasteiger partial charge is 0.573 e. The van der Waals surface area contributed by atoms with Crippen molar-refractivity contribution >= 4 is 16.9 Å². The van der Waals surface area contributed by atoms with Crippen molar-refractivity contribution in [3.63, 3.8) is 0 Å². The first-order chi connectivity index (χ1) is 11.9. The zero-order chi connectivity index (χ0) is 17.9. The number of aromatic nitrogens is 2. The molecule has 128 valence electrons. The van der Waals surface area contributed by atoms with Gasteiger partial charge in [0.15, 0.2) is 5.65 Å². The van der Waals surface area contributed by atoms with Crippen molar-refractivity contribution in [1.29, 1.82) is 0 Å². The second-order valence-electron chi connectivity index (χ2n) is 5.08. The molecule has 0 bridgehead atoms. The zero-order valence-electron chi connectivity index (χ0n) is 12.7. The van der Waals surface area contributed by atoms with Crippen molar-refractivity contribution in [2.24, 2.45) is 0 Å². The summed E-state index contributed by atoms with van der Waals surface area (Å²) >= 11 is 0. The molecule has 2 aromatic heterocycles. The lowest BCUT2D eigenvalue weighted by Gasteiger charge is -2.13. The minimum absolute atomic E-state index is 0.125. The second-order valence-corrected chi connectivity index (χ2v) is 5.08. The molecule has 3 aromatic rings. The molecular formula is C17H12F3N3O2. The Morgan fingerprint density at radius 3 is 2.68 bits per heavy atom. The number of fused-ring (bicyclic) bond motifs is 1. The number of benzene rings is 1. The summed E-state index contributed by atoms with van der Waals surface area (Å²) in [5, 5.41) is 3.31. The third-order valence-corrected chi connectivity index (χ3v) is 3.33. The number of para-hydroxylation sites is 1. The Kier molecular flexibility index (Phi) is 4.51. The fraction of sp³-hybridized carbons (Fsp3) is 0.118. The van der Waals surface area contributed by atoms with Crippen molar-refractivity contribution in [2.45, 2.75) is 12.9 Å². The van der Waals surface area contributed by atoms with Crippen LogP contribution in [0.2, 0.25) is 0 Å². The van der Waals surface area contributed by atoms with E-state index in [1.54, 1.807) is 24.4 Å². The Labute approximate surface area is 140 Å². The molecular weight excluding hydrogens is 335 g/mol. The van der Waals surface area contributed by atoms with Crippen LogP contribution in [0.5, 0.6) is 5.75 Å². The van der Waals surface area contributed by atoms with Gasteiger partial charge in [-0.3, -0.25) is 4.79 Å². The van der Waals surface area contributed by atoms with E-state index >= 15 is 0 Å². The van der Waals surface area contributed by atoms with E-state index in [1.807, 2.05) is 6.07 Å². The number of pyridine rings is 2. The maximum atomic E-state index is 12.4. The van der Waals surface area contributed by atoms with Crippen molar-refractivity contribution in [1.82, 2.24) is 15.3 Å². The SMILES string of the molecule is O=C(NCc1ccccc1OC(F)(F)F)c1ccc2cccnc2n1. The first-order valence-electron chi connectivity index (χ1n) is 7.26. The van der Waals surface area contributed by atoms with Crippen LogP contribution in [0.3, 0.4) is 0 Å². The van der Waals surface area contributed by atoms with Gasteiger partial charge in [0.25, 0.3) is 5.91 Å². The summed E-state index contributed by atoms with van der Waals surface area (Å²) in [6.07, 6.45) is -3.24. The summed E-state index contributed by atoms with van der Waals surface area (Å²) < 4.78 is 41.2. The summed E-state index contributed by atoms with van der Waals surface area (Å²) in [6.45, 7) is -0.132. The van der Waals surface area contributed by atoms with Crippen LogP contribution in [-0.4, -0.2) is 22.2 Å². The number of amides is 1. The standard InChI is InChI=1S/C17H12F3N3O2/c18-17(19,20)25-14-6-2-1-4-12(14)10-22-16(24)13-8-7-11-5-3-9-21-15(11)23-13/h1-9H,10H2,(H,22,24). The number of carbonyl (C=O) groups is 1. The molecule has 0 atom stereocenters. The number of hydrogen-bond donors (Lipinski definition) is 1. The molecule has 2 heterocycles. The van der Waals surface area contributed by atoms with Crippen molar-refractivity contribution in [3.8, 4) is 5.75 Å². The molecule has 0 saturated heterocycles. The quantitative estimate of drug-likeness (QED) is 0.785. The van der Waals surface area contributed by atoms with Gasteiger partial charge in [-0.1, -0.05) is 18.2 Å². The van der Waals surface area contributed by atoms with Gasteiger partial charge in [0.1, 0.15) is 11.4 Å². The van der Waals surface area contributed by atoms with Crippen LogP contribution in [0, 0.1) is 0 Å². The summed E-state index contributed by atoms with van der Waals surface area (Å²) in [4.78, 5) is 20.4. The fourth-order valence-corrected chi connectivity index (χ4v) is 2.22. The lowest BCUT2D eigenvalue weighted by atomic mass is 10.2. The first-order valence-corrected chi connectivity index (χ1v) is 7.26. The number of alkyl halides is 3. The zero-order valence-corrected chi connectivity index (χ0v) is 12.7. The third-order valence-electron chi connectivity index (χ3n) is 3.33. The molecule has 5 nitrogen and oxygen atoms in total. The van der Waals surface area contributed by atoms with Gasteiger partial charge < -0.3 is 10.1 Å². The molecule has 0 spiro atoms. The van der Waals surface area contributed by atoms with Gasteiger partial charge in [-0.25, -0.2) is 9.97 Å². The van der Waals surface area contributed by atoms with Crippen LogP contribution in [-0.2, 0) is 6.54 Å². The highest BCUT2D eigenvalue weighted by molar-refractivity contribution is 5.94. The van der Waals surface area contributed by atoms with Crippen molar-refractivity contribution in [2.75, 3.05) is 0 Å². The smallest absolute Gasteiger partial charge is 0.405 e. The Hall–Kier alpha value is -3.16. The van der Waals surface area contributed by atoms with Gasteiger partial charge in [-0.2, -0.15) is 0 Å². The maximum absolute atomic E-state index is 12.4. The monoisotopic (exact) mass is 347 g/mol. The number of rotatable bonds is 4. The van der Waals surface area contributed by atoms with E-state index in [9.17, 15) is 18.0 Å². The van der Waals surface area contributed by atoms with E-state index in [0.29, 0.717) is 5.65 Å². The normalized spacial score (nSPS) is 11.3. The lowest BCUT2D eigenvalue weighted by molar-refractivity contribution is -0.274. The van der Waals surface area contributed by atoms with Crippen LogP contribution >= 0.6 is 0 Å². The lowest BCUT2D eigenvalue weighted by Crippen LogP contribution is -2.25. The predicted molar refractivity (Wildman–Crippen MR) is 83.8 cm³/mol. The first kappa shape index (κ1) is 16.7. The van der Waals surface area contributed by atoms with Gasteiger partial charge in [0, 0.05) is 23.7 Å². The summed E-state index contributed by atoms with van der Waals surface area (Å²) in [5.74, 6) is -0.877. The molecule has 0 aliphatic carbocycles. The highest BCUT2D eigenvalue weighted by Crippen LogP contribution is 2.26. The minimum atomic E-state index is -4.80. The average molecular weight is 347 g/mol. The van der Waals surface area contributed by atoms with Crippen LogP contribution in [0.1, 0.15) is 16.1 Å². The van der Waals surface area contributed by atoms with Gasteiger partial charge in [0.05, 0.1) is 0 Å². The Morgan fingerprint density at radius 2 is 1.88 bits per heavy atom. The molecule has 1 aromatic carbocycles. The molecule has 8 heteroatoms. The van der Waals surface area contributed by atoms with Gasteiger partial charge in [-0.05, 0) is 30.3 Å².